The number of aliphatic hydroxyl groups is 1. The molecule has 0 spiro atoms. The average Bonchev–Trinajstić information content (AvgIpc) is 3.41. The second-order valence-corrected chi connectivity index (χ2v) is 12.3. The highest BCUT2D eigenvalue weighted by Crippen LogP contribution is 2.29. The van der Waals surface area contributed by atoms with Gasteiger partial charge in [-0.2, -0.15) is 0 Å². The van der Waals surface area contributed by atoms with E-state index in [9.17, 15) is 24.6 Å². The normalized spacial score (nSPS) is 19.3. The molecule has 2 amide bonds. The van der Waals surface area contributed by atoms with E-state index in [1.165, 1.54) is 5.38 Å². The third-order valence-corrected chi connectivity index (χ3v) is 8.99. The lowest BCUT2D eigenvalue weighted by molar-refractivity contribution is -0.142. The van der Waals surface area contributed by atoms with Crippen LogP contribution >= 0.6 is 11.3 Å². The lowest BCUT2D eigenvalue weighted by Crippen LogP contribution is -2.58. The number of rotatable bonds is 16. The number of likely N-dealkylation sites (tertiary alicyclic amines) is 1. The minimum Gasteiger partial charge on any atom is -0.476 e. The lowest BCUT2D eigenvalue weighted by atomic mass is 9.91. The monoisotopic (exact) mass is 566 g/mol. The number of aromatic carboxylic acids is 1. The zero-order chi connectivity index (χ0) is 29.1. The number of carboxylic acid groups (broad SMARTS) is 1. The number of piperidine rings is 1. The summed E-state index contributed by atoms with van der Waals surface area (Å²) in [7, 11) is 1.97. The zero-order valence-corrected chi connectivity index (χ0v) is 25.5. The number of carbonyl (C=O) groups excluding carboxylic acids is 2. The molecule has 1 saturated heterocycles. The van der Waals surface area contributed by atoms with Crippen LogP contribution < -0.4 is 5.32 Å². The molecule has 0 unspecified atom stereocenters. The van der Waals surface area contributed by atoms with Crippen molar-refractivity contribution in [2.75, 3.05) is 20.1 Å². The summed E-state index contributed by atoms with van der Waals surface area (Å²) in [6.07, 6.45) is 6.85. The molecule has 222 valence electrons. The van der Waals surface area contributed by atoms with Gasteiger partial charge in [-0.05, 0) is 44.7 Å². The molecule has 3 N–H and O–H groups in total. The number of aromatic nitrogens is 1. The molecule has 1 aliphatic rings. The maximum absolute atomic E-state index is 14.3. The Hall–Kier alpha value is -2.04. The highest BCUT2D eigenvalue weighted by Gasteiger charge is 2.37. The number of hydrogen-bond donors (Lipinski definition) is 3. The SMILES string of the molecule is CCCCCCN(C(=O)[C@@H](NC(=O)[C@H]1CCCCN1C)[C@@H](C)CC)[C@H](C[C@@H](O)c1nc(C(=O)O)cs1)C(C)C. The summed E-state index contributed by atoms with van der Waals surface area (Å²) in [6.45, 7) is 11.7. The van der Waals surface area contributed by atoms with Crippen LogP contribution in [0.4, 0.5) is 0 Å². The number of thiazole rings is 1. The van der Waals surface area contributed by atoms with Crippen LogP contribution in [-0.2, 0) is 9.59 Å². The van der Waals surface area contributed by atoms with E-state index in [-0.39, 0.29) is 47.8 Å². The summed E-state index contributed by atoms with van der Waals surface area (Å²) in [5.74, 6) is -1.35. The summed E-state index contributed by atoms with van der Waals surface area (Å²) in [5.41, 5.74) is -0.0881. The fourth-order valence-electron chi connectivity index (χ4n) is 5.29. The van der Waals surface area contributed by atoms with Crippen molar-refractivity contribution in [1.82, 2.24) is 20.1 Å². The van der Waals surface area contributed by atoms with Crippen molar-refractivity contribution >= 4 is 29.1 Å². The summed E-state index contributed by atoms with van der Waals surface area (Å²) in [5, 5.41) is 25.2. The van der Waals surface area contributed by atoms with Crippen LogP contribution in [0.15, 0.2) is 5.38 Å². The summed E-state index contributed by atoms with van der Waals surface area (Å²) in [4.78, 5) is 47.0. The van der Waals surface area contributed by atoms with E-state index >= 15 is 0 Å². The number of carboxylic acids is 1. The van der Waals surface area contributed by atoms with Gasteiger partial charge >= 0.3 is 5.97 Å². The van der Waals surface area contributed by atoms with Crippen LogP contribution in [0.1, 0.15) is 114 Å². The Morgan fingerprint density at radius 1 is 1.18 bits per heavy atom. The average molecular weight is 567 g/mol. The highest BCUT2D eigenvalue weighted by molar-refractivity contribution is 7.09. The fraction of sp³-hybridized carbons (Fsp3) is 0.793. The van der Waals surface area contributed by atoms with E-state index in [1.807, 2.05) is 39.6 Å². The molecule has 0 aromatic carbocycles. The lowest BCUT2D eigenvalue weighted by Gasteiger charge is -2.40. The first-order valence-electron chi connectivity index (χ1n) is 14.7. The van der Waals surface area contributed by atoms with E-state index in [1.54, 1.807) is 0 Å². The highest BCUT2D eigenvalue weighted by atomic mass is 32.1. The number of unbranched alkanes of at least 4 members (excludes halogenated alkanes) is 3. The minimum absolute atomic E-state index is 0.0337. The first-order chi connectivity index (χ1) is 18.5. The number of aliphatic hydroxyl groups excluding tert-OH is 1. The number of likely N-dealkylation sites (N-methyl/N-ethyl adjacent to an activating group) is 1. The molecule has 9 nitrogen and oxygen atoms in total. The fourth-order valence-corrected chi connectivity index (χ4v) is 6.08. The third-order valence-electron chi connectivity index (χ3n) is 8.05. The first-order valence-corrected chi connectivity index (χ1v) is 15.6. The van der Waals surface area contributed by atoms with Crippen LogP contribution in [0.3, 0.4) is 0 Å². The summed E-state index contributed by atoms with van der Waals surface area (Å²) >= 11 is 1.12. The van der Waals surface area contributed by atoms with Crippen molar-refractivity contribution in [3.63, 3.8) is 0 Å². The molecule has 1 aromatic heterocycles. The van der Waals surface area contributed by atoms with Crippen molar-refractivity contribution in [3.05, 3.63) is 16.1 Å². The molecule has 2 rings (SSSR count). The van der Waals surface area contributed by atoms with Gasteiger partial charge < -0.3 is 20.4 Å². The van der Waals surface area contributed by atoms with Gasteiger partial charge in [0.1, 0.15) is 17.2 Å². The maximum atomic E-state index is 14.3. The topological polar surface area (TPSA) is 123 Å². The molecular formula is C29H50N4O5S. The summed E-state index contributed by atoms with van der Waals surface area (Å²) in [6, 6.07) is -1.18. The number of nitrogens with zero attached hydrogens (tertiary/aromatic N) is 3. The number of amides is 2. The maximum Gasteiger partial charge on any atom is 0.355 e. The van der Waals surface area contributed by atoms with Crippen LogP contribution in [0.25, 0.3) is 0 Å². The molecule has 2 heterocycles. The molecule has 39 heavy (non-hydrogen) atoms. The van der Waals surface area contributed by atoms with Crippen LogP contribution in [0.2, 0.25) is 0 Å². The van der Waals surface area contributed by atoms with Gasteiger partial charge in [0.15, 0.2) is 5.69 Å². The van der Waals surface area contributed by atoms with E-state index in [4.69, 9.17) is 0 Å². The number of nitrogens with one attached hydrogen (secondary N) is 1. The molecule has 1 aliphatic heterocycles. The largest absolute Gasteiger partial charge is 0.476 e. The Labute approximate surface area is 238 Å². The van der Waals surface area contributed by atoms with E-state index < -0.39 is 18.1 Å². The van der Waals surface area contributed by atoms with Gasteiger partial charge in [0.25, 0.3) is 0 Å². The number of hydrogen-bond acceptors (Lipinski definition) is 7. The predicted molar refractivity (Wildman–Crippen MR) is 155 cm³/mol. The van der Waals surface area contributed by atoms with Gasteiger partial charge in [-0.15, -0.1) is 11.3 Å². The Morgan fingerprint density at radius 2 is 1.90 bits per heavy atom. The minimum atomic E-state index is -1.13. The number of carbonyl (C=O) groups is 3. The van der Waals surface area contributed by atoms with Crippen molar-refractivity contribution < 1.29 is 24.6 Å². The van der Waals surface area contributed by atoms with Crippen molar-refractivity contribution in [3.8, 4) is 0 Å². The first kappa shape index (κ1) is 33.2. The van der Waals surface area contributed by atoms with Gasteiger partial charge in [-0.3, -0.25) is 14.5 Å². The van der Waals surface area contributed by atoms with Crippen molar-refractivity contribution in [2.45, 2.75) is 117 Å². The van der Waals surface area contributed by atoms with Crippen LogP contribution in [-0.4, -0.2) is 81.0 Å². The quantitative estimate of drug-likeness (QED) is 0.248. The zero-order valence-electron chi connectivity index (χ0n) is 24.7. The van der Waals surface area contributed by atoms with Gasteiger partial charge in [-0.1, -0.05) is 66.7 Å². The van der Waals surface area contributed by atoms with E-state index in [2.05, 4.69) is 22.1 Å². The smallest absolute Gasteiger partial charge is 0.355 e. The molecule has 0 aliphatic carbocycles. The van der Waals surface area contributed by atoms with Gasteiger partial charge in [0.05, 0.1) is 6.04 Å². The van der Waals surface area contributed by atoms with E-state index in [0.29, 0.717) is 11.6 Å². The molecule has 1 fully saturated rings. The van der Waals surface area contributed by atoms with Crippen LogP contribution in [0.5, 0.6) is 0 Å². The van der Waals surface area contributed by atoms with Gasteiger partial charge in [0.2, 0.25) is 11.8 Å². The Bertz CT molecular complexity index is 923. The van der Waals surface area contributed by atoms with Gasteiger partial charge in [-0.25, -0.2) is 9.78 Å². The van der Waals surface area contributed by atoms with Crippen molar-refractivity contribution in [2.24, 2.45) is 11.8 Å². The molecule has 10 heteroatoms. The Balaban J connectivity index is 2.32. The molecule has 1 aromatic rings. The molecule has 0 saturated carbocycles. The molecule has 0 bridgehead atoms. The van der Waals surface area contributed by atoms with Crippen LogP contribution in [0, 0.1) is 11.8 Å². The molecule has 0 radical (unpaired) electrons. The molecule has 5 atom stereocenters. The second kappa shape index (κ2) is 16.3. The molecular weight excluding hydrogens is 516 g/mol. The van der Waals surface area contributed by atoms with Gasteiger partial charge in [0, 0.05) is 24.4 Å². The summed E-state index contributed by atoms with van der Waals surface area (Å²) < 4.78 is 0. The predicted octanol–water partition coefficient (Wildman–Crippen LogP) is 4.71. The van der Waals surface area contributed by atoms with Crippen molar-refractivity contribution in [1.29, 1.82) is 0 Å². The van der Waals surface area contributed by atoms with E-state index in [0.717, 1.165) is 69.2 Å². The third kappa shape index (κ3) is 9.53. The Kier molecular flexibility index (Phi) is 13.8. The standard InChI is InChI=1S/C29H50N4O5S/c1-7-9-10-12-16-33(23(19(3)4)17-24(34)27-30-21(18-39-27)29(37)38)28(36)25(20(5)8-2)31-26(35)22-14-11-13-15-32(22)6/h18-20,22-25,34H,7-17H2,1-6H3,(H,31,35)(H,37,38)/t20-,22+,23+,24+,25-/m0/s1. The Morgan fingerprint density at radius 3 is 2.46 bits per heavy atom. The second-order valence-electron chi connectivity index (χ2n) is 11.4.